The summed E-state index contributed by atoms with van der Waals surface area (Å²) in [5.41, 5.74) is 2.93. The van der Waals surface area contributed by atoms with Crippen LogP contribution in [0.15, 0.2) is 39.9 Å². The molecule has 0 aliphatic carbocycles. The first kappa shape index (κ1) is 16.3. The lowest BCUT2D eigenvalue weighted by molar-refractivity contribution is 0.0954. The number of carbonyl (C=O) groups is 1. The number of furan rings is 1. The largest absolute Gasteiger partial charge is 0.496 e. The molecule has 0 aliphatic heterocycles. The van der Waals surface area contributed by atoms with E-state index in [9.17, 15) is 4.79 Å². The van der Waals surface area contributed by atoms with Crippen molar-refractivity contribution in [3.8, 4) is 5.75 Å². The van der Waals surface area contributed by atoms with Gasteiger partial charge in [0.05, 0.1) is 16.9 Å². The van der Waals surface area contributed by atoms with Gasteiger partial charge < -0.3 is 14.1 Å². The molecule has 1 heterocycles. The van der Waals surface area contributed by atoms with Crippen LogP contribution in [0.5, 0.6) is 5.75 Å². The molecule has 6 nitrogen and oxygen atoms in total. The fourth-order valence-corrected chi connectivity index (χ4v) is 2.23. The van der Waals surface area contributed by atoms with Gasteiger partial charge >= 0.3 is 0 Å². The average Bonchev–Trinajstić information content (AvgIpc) is 2.96. The van der Waals surface area contributed by atoms with Gasteiger partial charge in [0.15, 0.2) is 5.88 Å². The second-order valence-electron chi connectivity index (χ2n) is 4.62. The molecule has 0 bridgehead atoms. The van der Waals surface area contributed by atoms with Crippen LogP contribution in [0.3, 0.4) is 0 Å². The van der Waals surface area contributed by atoms with E-state index < -0.39 is 0 Å². The van der Waals surface area contributed by atoms with E-state index in [2.05, 4.69) is 33.1 Å². The summed E-state index contributed by atoms with van der Waals surface area (Å²) < 4.78 is 11.6. The Morgan fingerprint density at radius 1 is 1.36 bits per heavy atom. The molecule has 1 aromatic heterocycles. The predicted molar refractivity (Wildman–Crippen MR) is 93.8 cm³/mol. The highest BCUT2D eigenvalue weighted by Crippen LogP contribution is 2.21. The molecule has 1 aromatic carbocycles. The van der Waals surface area contributed by atoms with Crippen molar-refractivity contribution in [3.05, 3.63) is 45.2 Å². The summed E-state index contributed by atoms with van der Waals surface area (Å²) in [4.78, 5) is 13.8. The summed E-state index contributed by atoms with van der Waals surface area (Å²) >= 11 is 2.14. The van der Waals surface area contributed by atoms with Gasteiger partial charge in [-0.05, 0) is 46.9 Å². The monoisotopic (exact) mass is 413 g/mol. The van der Waals surface area contributed by atoms with Crippen molar-refractivity contribution in [2.75, 3.05) is 26.1 Å². The summed E-state index contributed by atoms with van der Waals surface area (Å²) in [6, 6.07) is 8.80. The van der Waals surface area contributed by atoms with Crippen molar-refractivity contribution in [2.24, 2.45) is 5.10 Å². The Hall–Kier alpha value is -2.03. The maximum absolute atomic E-state index is 12.0. The quantitative estimate of drug-likeness (QED) is 0.465. The lowest BCUT2D eigenvalue weighted by atomic mass is 10.2. The maximum Gasteiger partial charge on any atom is 0.271 e. The lowest BCUT2D eigenvalue weighted by Gasteiger charge is -2.06. The van der Waals surface area contributed by atoms with E-state index in [-0.39, 0.29) is 5.91 Å². The maximum atomic E-state index is 12.0. The number of halogens is 1. The van der Waals surface area contributed by atoms with E-state index in [0.717, 1.165) is 9.45 Å². The van der Waals surface area contributed by atoms with Crippen molar-refractivity contribution in [3.63, 3.8) is 0 Å². The number of benzene rings is 1. The molecule has 1 amide bonds. The van der Waals surface area contributed by atoms with E-state index in [1.165, 1.54) is 6.21 Å². The minimum atomic E-state index is -0.315. The highest BCUT2D eigenvalue weighted by molar-refractivity contribution is 14.1. The third-order valence-corrected chi connectivity index (χ3v) is 3.72. The Bertz CT molecular complexity index is 695. The van der Waals surface area contributed by atoms with E-state index >= 15 is 0 Å². The van der Waals surface area contributed by atoms with Gasteiger partial charge in [-0.3, -0.25) is 4.79 Å². The summed E-state index contributed by atoms with van der Waals surface area (Å²) in [7, 11) is 5.33. The summed E-state index contributed by atoms with van der Waals surface area (Å²) in [6.07, 6.45) is 1.45. The number of nitrogens with one attached hydrogen (secondary N) is 1. The number of rotatable bonds is 5. The minimum absolute atomic E-state index is 0.315. The fraction of sp³-hybridized carbons (Fsp3) is 0.200. The Kier molecular flexibility index (Phi) is 5.42. The zero-order valence-electron chi connectivity index (χ0n) is 12.5. The van der Waals surface area contributed by atoms with Gasteiger partial charge in [0.25, 0.3) is 5.91 Å². The second-order valence-corrected chi connectivity index (χ2v) is 5.78. The Morgan fingerprint density at radius 3 is 2.77 bits per heavy atom. The molecule has 0 aliphatic rings. The number of hydrogen-bond donors (Lipinski definition) is 1. The molecule has 0 saturated carbocycles. The van der Waals surface area contributed by atoms with Gasteiger partial charge in [-0.15, -0.1) is 0 Å². The molecular weight excluding hydrogens is 397 g/mol. The zero-order valence-corrected chi connectivity index (χ0v) is 14.6. The predicted octanol–water partition coefficient (Wildman–Crippen LogP) is 2.72. The van der Waals surface area contributed by atoms with Gasteiger partial charge in [-0.1, -0.05) is 0 Å². The summed E-state index contributed by atoms with van der Waals surface area (Å²) in [6.45, 7) is 0. The number of ether oxygens (including phenoxy) is 1. The SMILES string of the molecule is COc1cc(C(=O)NN=Cc2ccc(N(C)C)o2)ccc1I. The average molecular weight is 413 g/mol. The van der Waals surface area contributed by atoms with Gasteiger partial charge in [0, 0.05) is 25.7 Å². The van der Waals surface area contributed by atoms with E-state index in [4.69, 9.17) is 9.15 Å². The molecule has 0 unspecified atom stereocenters. The second kappa shape index (κ2) is 7.30. The molecular formula is C15H16IN3O3. The first-order valence-corrected chi connectivity index (χ1v) is 7.53. The van der Waals surface area contributed by atoms with Crippen LogP contribution in [0.2, 0.25) is 0 Å². The molecule has 0 saturated heterocycles. The number of methoxy groups -OCH3 is 1. The van der Waals surface area contributed by atoms with Crippen molar-refractivity contribution >= 4 is 40.6 Å². The molecule has 116 valence electrons. The Balaban J connectivity index is 2.01. The molecule has 2 rings (SSSR count). The third-order valence-electron chi connectivity index (χ3n) is 2.82. The summed E-state index contributed by atoms with van der Waals surface area (Å²) in [5.74, 6) is 1.61. The van der Waals surface area contributed by atoms with Crippen LogP contribution < -0.4 is 15.1 Å². The fourth-order valence-electron chi connectivity index (χ4n) is 1.67. The van der Waals surface area contributed by atoms with E-state index in [1.807, 2.05) is 31.1 Å². The molecule has 0 radical (unpaired) electrons. The minimum Gasteiger partial charge on any atom is -0.496 e. The molecule has 2 aromatic rings. The Morgan fingerprint density at radius 2 is 2.14 bits per heavy atom. The number of hydrazone groups is 1. The van der Waals surface area contributed by atoms with Crippen molar-refractivity contribution in [2.45, 2.75) is 0 Å². The molecule has 0 spiro atoms. The highest BCUT2D eigenvalue weighted by Gasteiger charge is 2.08. The molecule has 7 heteroatoms. The molecule has 0 fully saturated rings. The standard InChI is InChI=1S/C15H16IN3O3/c1-19(2)14-7-5-11(22-14)9-17-18-15(20)10-4-6-12(16)13(8-10)21-3/h4-9H,1-3H3,(H,18,20). The van der Waals surface area contributed by atoms with E-state index in [0.29, 0.717) is 17.1 Å². The topological polar surface area (TPSA) is 67.1 Å². The van der Waals surface area contributed by atoms with Gasteiger partial charge in [-0.25, -0.2) is 5.43 Å². The number of nitrogens with zero attached hydrogens (tertiary/aromatic N) is 2. The number of hydrogen-bond acceptors (Lipinski definition) is 5. The first-order chi connectivity index (χ1) is 10.5. The van der Waals surface area contributed by atoms with Crippen LogP contribution in [0, 0.1) is 3.57 Å². The van der Waals surface area contributed by atoms with Crippen molar-refractivity contribution < 1.29 is 13.9 Å². The van der Waals surface area contributed by atoms with E-state index in [1.54, 1.807) is 25.3 Å². The van der Waals surface area contributed by atoms with Crippen LogP contribution in [0.25, 0.3) is 0 Å². The van der Waals surface area contributed by atoms with Crippen LogP contribution in [-0.2, 0) is 0 Å². The molecule has 0 atom stereocenters. The van der Waals surface area contributed by atoms with Crippen molar-refractivity contribution in [1.82, 2.24) is 5.43 Å². The highest BCUT2D eigenvalue weighted by atomic mass is 127. The van der Waals surface area contributed by atoms with Gasteiger partial charge in [0.2, 0.25) is 0 Å². The van der Waals surface area contributed by atoms with Crippen LogP contribution in [-0.4, -0.2) is 33.3 Å². The summed E-state index contributed by atoms with van der Waals surface area (Å²) in [5, 5.41) is 3.89. The third kappa shape index (κ3) is 4.00. The lowest BCUT2D eigenvalue weighted by Crippen LogP contribution is -2.17. The van der Waals surface area contributed by atoms with Crippen LogP contribution >= 0.6 is 22.6 Å². The molecule has 1 N–H and O–H groups in total. The smallest absolute Gasteiger partial charge is 0.271 e. The Labute approximate surface area is 142 Å². The molecule has 22 heavy (non-hydrogen) atoms. The van der Waals surface area contributed by atoms with Crippen LogP contribution in [0.4, 0.5) is 5.88 Å². The van der Waals surface area contributed by atoms with Gasteiger partial charge in [-0.2, -0.15) is 5.10 Å². The zero-order chi connectivity index (χ0) is 16.1. The van der Waals surface area contributed by atoms with Gasteiger partial charge in [0.1, 0.15) is 11.5 Å². The first-order valence-electron chi connectivity index (χ1n) is 6.45. The number of carbonyl (C=O) groups excluding carboxylic acids is 1. The normalized spacial score (nSPS) is 10.7. The number of anilines is 1. The number of amides is 1. The van der Waals surface area contributed by atoms with Crippen molar-refractivity contribution in [1.29, 1.82) is 0 Å². The van der Waals surface area contributed by atoms with Crippen LogP contribution in [0.1, 0.15) is 16.1 Å².